The molecule has 0 bridgehead atoms. The fourth-order valence-corrected chi connectivity index (χ4v) is 0.731. The minimum absolute atomic E-state index is 0.432. The van der Waals surface area contributed by atoms with Crippen molar-refractivity contribution >= 4 is 0 Å². The third-order valence-corrected chi connectivity index (χ3v) is 1.37. The van der Waals surface area contributed by atoms with Crippen LogP contribution >= 0.6 is 0 Å². The number of nitrogens with zero attached hydrogens (tertiary/aromatic N) is 1. The van der Waals surface area contributed by atoms with Gasteiger partial charge in [-0.1, -0.05) is 5.92 Å². The summed E-state index contributed by atoms with van der Waals surface area (Å²) in [6, 6.07) is 3.80. The van der Waals surface area contributed by atoms with Gasteiger partial charge in [0.25, 0.3) is 0 Å². The first-order valence-electron chi connectivity index (χ1n) is 3.78. The van der Waals surface area contributed by atoms with Crippen molar-refractivity contribution in [2.45, 2.75) is 13.8 Å². The minimum atomic E-state index is 0.432. The van der Waals surface area contributed by atoms with Gasteiger partial charge in [-0.15, -0.1) is 5.92 Å². The summed E-state index contributed by atoms with van der Waals surface area (Å²) < 4.78 is 5.27. The predicted molar refractivity (Wildman–Crippen MR) is 47.9 cm³/mol. The van der Waals surface area contributed by atoms with Crippen molar-refractivity contribution in [3.8, 4) is 17.6 Å². The lowest BCUT2D eigenvalue weighted by Gasteiger charge is -2.00. The molecule has 12 heavy (non-hydrogen) atoms. The molecule has 0 saturated carbocycles. The summed E-state index contributed by atoms with van der Waals surface area (Å²) >= 11 is 0. The Kier molecular flexibility index (Phi) is 3.16. The number of hydrogen-bond donors (Lipinski definition) is 0. The molecule has 0 N–H and O–H groups in total. The van der Waals surface area contributed by atoms with E-state index in [9.17, 15) is 0 Å². The van der Waals surface area contributed by atoms with Gasteiger partial charge < -0.3 is 4.74 Å². The Hall–Kier alpha value is -1.49. The summed E-state index contributed by atoms with van der Waals surface area (Å²) in [6.45, 7) is 4.16. The molecule has 1 heterocycles. The van der Waals surface area contributed by atoms with Crippen LogP contribution in [0.1, 0.15) is 12.6 Å². The van der Waals surface area contributed by atoms with E-state index in [2.05, 4.69) is 16.8 Å². The highest BCUT2D eigenvalue weighted by atomic mass is 16.5. The molecule has 0 spiro atoms. The van der Waals surface area contributed by atoms with Crippen LogP contribution in [0.25, 0.3) is 0 Å². The standard InChI is InChI=1S/C10H11NO/c1-3-4-7-12-10-6-5-9(2)11-8-10/h5-6,8H,7H2,1-2H3. The molecule has 2 heteroatoms. The van der Waals surface area contributed by atoms with Gasteiger partial charge >= 0.3 is 0 Å². The number of aromatic nitrogens is 1. The highest BCUT2D eigenvalue weighted by molar-refractivity contribution is 5.19. The summed E-state index contributed by atoms with van der Waals surface area (Å²) in [5, 5.41) is 0. The van der Waals surface area contributed by atoms with Crippen LogP contribution in [0.5, 0.6) is 5.75 Å². The van der Waals surface area contributed by atoms with Crippen LogP contribution in [0.4, 0.5) is 0 Å². The second kappa shape index (κ2) is 4.40. The zero-order valence-electron chi connectivity index (χ0n) is 7.29. The fraction of sp³-hybridized carbons (Fsp3) is 0.300. The first-order valence-corrected chi connectivity index (χ1v) is 3.78. The Morgan fingerprint density at radius 1 is 1.50 bits per heavy atom. The molecule has 1 aromatic heterocycles. The second-order valence-electron chi connectivity index (χ2n) is 2.35. The van der Waals surface area contributed by atoms with Crippen LogP contribution in [0, 0.1) is 18.8 Å². The maximum absolute atomic E-state index is 5.27. The van der Waals surface area contributed by atoms with E-state index in [-0.39, 0.29) is 0 Å². The van der Waals surface area contributed by atoms with Gasteiger partial charge in [-0.2, -0.15) is 0 Å². The van der Waals surface area contributed by atoms with E-state index >= 15 is 0 Å². The number of pyridine rings is 1. The Morgan fingerprint density at radius 3 is 2.92 bits per heavy atom. The Balaban J connectivity index is 2.51. The molecule has 2 nitrogen and oxygen atoms in total. The molecular formula is C10H11NO. The lowest BCUT2D eigenvalue weighted by atomic mass is 10.4. The lowest BCUT2D eigenvalue weighted by molar-refractivity contribution is 0.368. The molecule has 0 aromatic carbocycles. The predicted octanol–water partition coefficient (Wildman–Crippen LogP) is 1.79. The molecule has 0 saturated heterocycles. The van der Waals surface area contributed by atoms with E-state index in [1.807, 2.05) is 19.1 Å². The van der Waals surface area contributed by atoms with Crippen molar-refractivity contribution in [2.75, 3.05) is 6.61 Å². The van der Waals surface area contributed by atoms with E-state index < -0.39 is 0 Å². The second-order valence-corrected chi connectivity index (χ2v) is 2.35. The van der Waals surface area contributed by atoms with Crippen LogP contribution in [0.2, 0.25) is 0 Å². The first kappa shape index (κ1) is 8.61. The van der Waals surface area contributed by atoms with E-state index in [1.54, 1.807) is 13.1 Å². The summed E-state index contributed by atoms with van der Waals surface area (Å²) in [6.07, 6.45) is 1.70. The van der Waals surface area contributed by atoms with Crippen molar-refractivity contribution in [3.05, 3.63) is 24.0 Å². The van der Waals surface area contributed by atoms with Crippen molar-refractivity contribution in [1.29, 1.82) is 0 Å². The highest BCUT2D eigenvalue weighted by Crippen LogP contribution is 2.07. The molecule has 0 atom stereocenters. The zero-order chi connectivity index (χ0) is 8.81. The molecular weight excluding hydrogens is 150 g/mol. The smallest absolute Gasteiger partial charge is 0.149 e. The Morgan fingerprint density at radius 2 is 2.33 bits per heavy atom. The maximum atomic E-state index is 5.27. The van der Waals surface area contributed by atoms with E-state index in [0.717, 1.165) is 11.4 Å². The maximum Gasteiger partial charge on any atom is 0.149 e. The van der Waals surface area contributed by atoms with Gasteiger partial charge in [-0.3, -0.25) is 4.98 Å². The average Bonchev–Trinajstić information content (AvgIpc) is 2.09. The fourth-order valence-electron chi connectivity index (χ4n) is 0.731. The normalized spacial score (nSPS) is 8.50. The monoisotopic (exact) mass is 161 g/mol. The number of rotatable bonds is 2. The van der Waals surface area contributed by atoms with Gasteiger partial charge in [0.1, 0.15) is 12.4 Å². The van der Waals surface area contributed by atoms with E-state index in [1.165, 1.54) is 0 Å². The van der Waals surface area contributed by atoms with Gasteiger partial charge in [-0.25, -0.2) is 0 Å². The Labute approximate surface area is 72.6 Å². The quantitative estimate of drug-likeness (QED) is 0.617. The molecule has 62 valence electrons. The van der Waals surface area contributed by atoms with Gasteiger partial charge in [0.2, 0.25) is 0 Å². The van der Waals surface area contributed by atoms with Crippen molar-refractivity contribution in [1.82, 2.24) is 4.98 Å². The number of ether oxygens (including phenoxy) is 1. The summed E-state index contributed by atoms with van der Waals surface area (Å²) in [5.41, 5.74) is 0.990. The number of aryl methyl sites for hydroxylation is 1. The van der Waals surface area contributed by atoms with Crippen LogP contribution in [0.15, 0.2) is 18.3 Å². The largest absolute Gasteiger partial charge is 0.479 e. The molecule has 0 amide bonds. The average molecular weight is 161 g/mol. The zero-order valence-corrected chi connectivity index (χ0v) is 7.29. The lowest BCUT2D eigenvalue weighted by Crippen LogP contribution is -1.94. The molecule has 1 aromatic rings. The van der Waals surface area contributed by atoms with E-state index in [4.69, 9.17) is 4.74 Å². The first-order chi connectivity index (χ1) is 5.83. The van der Waals surface area contributed by atoms with Crippen LogP contribution in [-0.2, 0) is 0 Å². The van der Waals surface area contributed by atoms with Gasteiger partial charge in [-0.05, 0) is 26.0 Å². The van der Waals surface area contributed by atoms with E-state index in [0.29, 0.717) is 6.61 Å². The van der Waals surface area contributed by atoms with Crippen LogP contribution < -0.4 is 4.74 Å². The minimum Gasteiger partial charge on any atom is -0.479 e. The molecule has 0 aliphatic carbocycles. The van der Waals surface area contributed by atoms with Crippen LogP contribution in [0.3, 0.4) is 0 Å². The summed E-state index contributed by atoms with van der Waals surface area (Å²) in [7, 11) is 0. The van der Waals surface area contributed by atoms with Gasteiger partial charge in [0.15, 0.2) is 0 Å². The van der Waals surface area contributed by atoms with Crippen molar-refractivity contribution < 1.29 is 4.74 Å². The third-order valence-electron chi connectivity index (χ3n) is 1.37. The molecule has 0 fully saturated rings. The molecule has 0 aliphatic heterocycles. The topological polar surface area (TPSA) is 22.1 Å². The third kappa shape index (κ3) is 2.63. The summed E-state index contributed by atoms with van der Waals surface area (Å²) in [5.74, 6) is 6.33. The highest BCUT2D eigenvalue weighted by Gasteiger charge is 1.90. The molecule has 0 aliphatic rings. The molecule has 1 rings (SSSR count). The number of hydrogen-bond acceptors (Lipinski definition) is 2. The summed E-state index contributed by atoms with van der Waals surface area (Å²) in [4.78, 5) is 4.08. The molecule has 0 radical (unpaired) electrons. The SMILES string of the molecule is CC#CCOc1ccc(C)nc1. The van der Waals surface area contributed by atoms with Crippen LogP contribution in [-0.4, -0.2) is 11.6 Å². The molecule has 0 unspecified atom stereocenters. The van der Waals surface area contributed by atoms with Crippen molar-refractivity contribution in [2.24, 2.45) is 0 Å². The van der Waals surface area contributed by atoms with Gasteiger partial charge in [0, 0.05) is 5.69 Å². The van der Waals surface area contributed by atoms with Gasteiger partial charge in [0.05, 0.1) is 6.20 Å². The van der Waals surface area contributed by atoms with Crippen molar-refractivity contribution in [3.63, 3.8) is 0 Å². The Bertz CT molecular complexity index is 292.